The van der Waals surface area contributed by atoms with Crippen LogP contribution in [0.3, 0.4) is 0 Å². The van der Waals surface area contributed by atoms with Crippen LogP contribution in [0, 0.1) is 5.92 Å². The van der Waals surface area contributed by atoms with Gasteiger partial charge >= 0.3 is 15.5 Å². The minimum atomic E-state index is -2.18. The first-order valence-electron chi connectivity index (χ1n) is 11.2. The van der Waals surface area contributed by atoms with Crippen LogP contribution >= 0.6 is 0 Å². The lowest BCUT2D eigenvalue weighted by Crippen LogP contribution is -2.45. The van der Waals surface area contributed by atoms with Crippen LogP contribution < -0.4 is 14.2 Å². The summed E-state index contributed by atoms with van der Waals surface area (Å²) in [5.74, 6) is 1.67. The van der Waals surface area contributed by atoms with Crippen LogP contribution in [0.4, 0.5) is 0 Å². The Morgan fingerprint density at radius 3 is 1.85 bits per heavy atom. The quantitative estimate of drug-likeness (QED) is 0.253. The first-order valence-corrected chi connectivity index (χ1v) is 19.2. The van der Waals surface area contributed by atoms with E-state index in [2.05, 4.69) is 13.8 Å². The third kappa shape index (κ3) is 10.5. The normalized spacial score (nSPS) is 12.5. The van der Waals surface area contributed by atoms with Gasteiger partial charge in [-0.05, 0) is 75.7 Å². The van der Waals surface area contributed by atoms with Crippen LogP contribution in [-0.2, 0) is 23.9 Å². The summed E-state index contributed by atoms with van der Waals surface area (Å²) in [4.78, 5) is 12.7. The van der Waals surface area contributed by atoms with Crippen molar-refractivity contribution in [1.29, 1.82) is 0 Å². The van der Waals surface area contributed by atoms with Gasteiger partial charge in [-0.1, -0.05) is 13.8 Å². The molecular weight excluding hydrogens is 473 g/mol. The molecule has 1 rings (SSSR count). The second kappa shape index (κ2) is 12.7. The maximum atomic E-state index is 12.7. The number of benzene rings is 1. The summed E-state index contributed by atoms with van der Waals surface area (Å²) in [5.41, 5.74) is 1.70. The molecule has 1 aromatic rings. The SMILES string of the molecule is COc1c(C=CC(=O)O[Si](O[Si](C)(C)C)O[Si](C)(C)C)cc(CCC(C)C)c(OC)c1OC. The largest absolute Gasteiger partial charge is 0.636 e. The Kier molecular flexibility index (Phi) is 11.4. The van der Waals surface area contributed by atoms with E-state index in [1.54, 1.807) is 27.4 Å². The van der Waals surface area contributed by atoms with Crippen molar-refractivity contribution in [3.8, 4) is 17.2 Å². The number of aryl methyl sites for hydroxylation is 1. The van der Waals surface area contributed by atoms with E-state index < -0.39 is 32.1 Å². The van der Waals surface area contributed by atoms with E-state index in [1.165, 1.54) is 6.08 Å². The monoisotopic (exact) mass is 513 g/mol. The number of methoxy groups -OCH3 is 3. The molecule has 33 heavy (non-hydrogen) atoms. The Labute approximate surface area is 203 Å². The Morgan fingerprint density at radius 1 is 0.909 bits per heavy atom. The molecule has 0 aliphatic carbocycles. The fourth-order valence-corrected chi connectivity index (χ4v) is 8.02. The van der Waals surface area contributed by atoms with Crippen molar-refractivity contribution >= 4 is 38.2 Å². The average molecular weight is 514 g/mol. The lowest BCUT2D eigenvalue weighted by atomic mass is 9.98. The van der Waals surface area contributed by atoms with E-state index in [1.807, 2.05) is 45.3 Å². The molecule has 7 nitrogen and oxygen atoms in total. The van der Waals surface area contributed by atoms with Gasteiger partial charge in [-0.15, -0.1) is 0 Å². The second-order valence-corrected chi connectivity index (χ2v) is 20.9. The maximum Gasteiger partial charge on any atom is 0.636 e. The smallest absolute Gasteiger partial charge is 0.492 e. The maximum absolute atomic E-state index is 12.7. The molecule has 187 valence electrons. The Morgan fingerprint density at radius 2 is 1.42 bits per heavy atom. The molecule has 0 fully saturated rings. The Hall–Kier alpha value is -1.60. The van der Waals surface area contributed by atoms with Gasteiger partial charge in [0.1, 0.15) is 0 Å². The predicted octanol–water partition coefficient (Wildman–Crippen LogP) is 5.55. The molecule has 1 radical (unpaired) electrons. The van der Waals surface area contributed by atoms with E-state index in [0.29, 0.717) is 28.7 Å². The third-order valence-electron chi connectivity index (χ3n) is 4.26. The number of carbonyl (C=O) groups excluding carboxylic acids is 1. The lowest BCUT2D eigenvalue weighted by Gasteiger charge is -2.27. The first-order chi connectivity index (χ1) is 15.2. The molecule has 10 heteroatoms. The highest BCUT2D eigenvalue weighted by Crippen LogP contribution is 2.43. The van der Waals surface area contributed by atoms with Gasteiger partial charge in [-0.2, -0.15) is 0 Å². The molecule has 1 aromatic carbocycles. The molecule has 0 aliphatic rings. The third-order valence-corrected chi connectivity index (χ3v) is 10.9. The summed E-state index contributed by atoms with van der Waals surface area (Å²) in [7, 11) is -1.32. The van der Waals surface area contributed by atoms with Gasteiger partial charge in [0.15, 0.2) is 28.1 Å². The van der Waals surface area contributed by atoms with Gasteiger partial charge in [0.2, 0.25) is 5.75 Å². The van der Waals surface area contributed by atoms with Crippen LogP contribution in [0.2, 0.25) is 39.3 Å². The van der Waals surface area contributed by atoms with Gasteiger partial charge in [-0.25, -0.2) is 4.79 Å². The summed E-state index contributed by atoms with van der Waals surface area (Å²) in [6.07, 6.45) is 4.85. The molecule has 0 heterocycles. The van der Waals surface area contributed by atoms with E-state index >= 15 is 0 Å². The Balaban J connectivity index is 3.24. The number of rotatable bonds is 13. The van der Waals surface area contributed by atoms with Crippen molar-refractivity contribution in [1.82, 2.24) is 0 Å². The van der Waals surface area contributed by atoms with E-state index in [0.717, 1.165) is 18.4 Å². The van der Waals surface area contributed by atoms with Crippen molar-refractivity contribution in [2.75, 3.05) is 21.3 Å². The molecular formula is C23H41O7Si3. The molecule has 0 saturated carbocycles. The highest BCUT2D eigenvalue weighted by molar-refractivity contribution is 6.79. The number of hydrogen-bond acceptors (Lipinski definition) is 7. The second-order valence-electron chi connectivity index (χ2n) is 10.1. The lowest BCUT2D eigenvalue weighted by molar-refractivity contribution is -0.131. The van der Waals surface area contributed by atoms with E-state index in [-0.39, 0.29) is 0 Å². The zero-order chi connectivity index (χ0) is 25.4. The standard InChI is InChI=1S/C23H41O7Si3/c1-17(2)12-13-18-16-19(22(26-4)23(27-5)21(18)25-3)14-15-20(24)28-31(29-32(6,7)8)30-33(9,10)11/h14-17H,12-13H2,1-11H3. The summed E-state index contributed by atoms with van der Waals surface area (Å²) < 4.78 is 34.5. The molecule has 0 unspecified atom stereocenters. The van der Waals surface area contributed by atoms with Crippen molar-refractivity contribution in [2.45, 2.75) is 66.0 Å². The zero-order valence-electron chi connectivity index (χ0n) is 22.1. The minimum absolute atomic E-state index is 0.494. The summed E-state index contributed by atoms with van der Waals surface area (Å²) in [6.45, 7) is 16.6. The van der Waals surface area contributed by atoms with Crippen LogP contribution in [-0.4, -0.2) is 53.5 Å². The fourth-order valence-electron chi connectivity index (χ4n) is 2.91. The van der Waals surface area contributed by atoms with Gasteiger partial charge < -0.3 is 26.9 Å². The van der Waals surface area contributed by atoms with Gasteiger partial charge in [0.05, 0.1) is 21.3 Å². The van der Waals surface area contributed by atoms with Gasteiger partial charge in [-0.3, -0.25) is 0 Å². The average Bonchev–Trinajstić information content (AvgIpc) is 2.66. The van der Waals surface area contributed by atoms with Crippen LogP contribution in [0.1, 0.15) is 31.4 Å². The first kappa shape index (κ1) is 29.4. The van der Waals surface area contributed by atoms with Crippen LogP contribution in [0.15, 0.2) is 12.1 Å². The topological polar surface area (TPSA) is 72.5 Å². The fraction of sp³-hybridized carbons (Fsp3) is 0.609. The molecule has 0 N–H and O–H groups in total. The number of carbonyl (C=O) groups is 1. The molecule has 0 bridgehead atoms. The molecule has 0 atom stereocenters. The van der Waals surface area contributed by atoms with Crippen molar-refractivity contribution in [3.05, 3.63) is 23.3 Å². The summed E-state index contributed by atoms with van der Waals surface area (Å²) in [6, 6.07) is 1.97. The highest BCUT2D eigenvalue weighted by Gasteiger charge is 2.35. The molecule has 0 saturated heterocycles. The molecule has 0 amide bonds. The minimum Gasteiger partial charge on any atom is -0.492 e. The van der Waals surface area contributed by atoms with E-state index in [4.69, 9.17) is 26.9 Å². The number of ether oxygens (including phenoxy) is 3. The molecule has 0 aromatic heterocycles. The van der Waals surface area contributed by atoms with Gasteiger partial charge in [0.25, 0.3) is 0 Å². The van der Waals surface area contributed by atoms with Crippen LogP contribution in [0.5, 0.6) is 17.2 Å². The van der Waals surface area contributed by atoms with Gasteiger partial charge in [0, 0.05) is 11.6 Å². The summed E-state index contributed by atoms with van der Waals surface area (Å²) in [5, 5.41) is 0. The summed E-state index contributed by atoms with van der Waals surface area (Å²) >= 11 is 0. The predicted molar refractivity (Wildman–Crippen MR) is 139 cm³/mol. The van der Waals surface area contributed by atoms with Crippen LogP contribution in [0.25, 0.3) is 6.08 Å². The highest BCUT2D eigenvalue weighted by atomic mass is 28.5. The zero-order valence-corrected chi connectivity index (χ0v) is 25.1. The molecule has 0 aliphatic heterocycles. The van der Waals surface area contributed by atoms with Crippen molar-refractivity contribution in [2.24, 2.45) is 5.92 Å². The molecule has 0 spiro atoms. The van der Waals surface area contributed by atoms with Crippen molar-refractivity contribution < 1.29 is 31.7 Å². The van der Waals surface area contributed by atoms with Crippen molar-refractivity contribution in [3.63, 3.8) is 0 Å². The number of hydrogen-bond donors (Lipinski definition) is 0. The Bertz CT molecular complexity index is 796. The van der Waals surface area contributed by atoms with E-state index in [9.17, 15) is 4.79 Å².